The molecule has 0 N–H and O–H groups in total. The minimum Gasteiger partial charge on any atom is -0.352 e. The molecule has 0 bridgehead atoms. The predicted octanol–water partition coefficient (Wildman–Crippen LogP) is 2.52. The molecule has 0 saturated heterocycles. The van der Waals surface area contributed by atoms with Gasteiger partial charge in [0.05, 0.1) is 0 Å². The number of benzene rings is 1. The molecule has 0 aliphatic rings. The van der Waals surface area contributed by atoms with E-state index in [-0.39, 0.29) is 11.3 Å². The first kappa shape index (κ1) is 10.7. The molecule has 0 heterocycles. The number of rotatable bonds is 4. The fraction of sp³-hybridized carbons (Fsp3) is 0.333. The quantitative estimate of drug-likeness (QED) is 0.553. The minimum atomic E-state index is -0.822. The molecule has 0 amide bonds. The van der Waals surface area contributed by atoms with E-state index in [0.29, 0.717) is 0 Å². The molecule has 0 aliphatic heterocycles. The second-order valence-corrected chi connectivity index (χ2v) is 2.57. The minimum absolute atomic E-state index is 0.159. The maximum Gasteiger partial charge on any atom is 0.186 e. The van der Waals surface area contributed by atoms with Crippen molar-refractivity contribution in [2.75, 3.05) is 14.2 Å². The van der Waals surface area contributed by atoms with E-state index in [4.69, 9.17) is 9.47 Å². The summed E-state index contributed by atoms with van der Waals surface area (Å²) < 4.78 is 23.2. The van der Waals surface area contributed by atoms with Crippen molar-refractivity contribution in [3.05, 3.63) is 34.5 Å². The van der Waals surface area contributed by atoms with Crippen LogP contribution in [0.5, 0.6) is 0 Å². The summed E-state index contributed by atoms with van der Waals surface area (Å²) in [5.41, 5.74) is -0.0892. The van der Waals surface area contributed by atoms with Crippen LogP contribution in [0.1, 0.15) is 11.9 Å². The largest absolute Gasteiger partial charge is 0.352 e. The third-order valence-electron chi connectivity index (χ3n) is 1.79. The number of hydrogen-bond acceptors (Lipinski definition) is 4. The summed E-state index contributed by atoms with van der Waals surface area (Å²) in [6.45, 7) is 0. The second-order valence-electron chi connectivity index (χ2n) is 2.57. The zero-order valence-corrected chi connectivity index (χ0v) is 7.86. The van der Waals surface area contributed by atoms with Gasteiger partial charge in [-0.05, 0) is 11.2 Å². The van der Waals surface area contributed by atoms with Crippen molar-refractivity contribution in [3.63, 3.8) is 0 Å². The summed E-state index contributed by atoms with van der Waals surface area (Å²) in [7, 11) is 2.77. The Kier molecular flexibility index (Phi) is 3.67. The average molecular weight is 199 g/mol. The Bertz CT molecular complexity index is 326. The van der Waals surface area contributed by atoms with Crippen LogP contribution in [0.3, 0.4) is 0 Å². The Labute approximate surface area is 80.6 Å². The normalized spacial score (nSPS) is 10.6. The topological polar surface area (TPSA) is 47.9 Å². The van der Waals surface area contributed by atoms with Crippen LogP contribution in [0.15, 0.2) is 23.4 Å². The standard InChI is InChI=1S/C9H10FNO3/c1-13-9(14-2)6-4-3-5-7(11-12)8(6)10/h3-5,9H,1-2H3. The van der Waals surface area contributed by atoms with Crippen LogP contribution in [0, 0.1) is 10.7 Å². The van der Waals surface area contributed by atoms with Crippen LogP contribution in [-0.4, -0.2) is 14.2 Å². The molecule has 0 saturated carbocycles. The number of nitroso groups, excluding NO2 is 1. The molecular weight excluding hydrogens is 189 g/mol. The van der Waals surface area contributed by atoms with Crippen LogP contribution in [0.2, 0.25) is 0 Å². The Balaban J connectivity index is 3.13. The van der Waals surface area contributed by atoms with Crippen LogP contribution in [0.25, 0.3) is 0 Å². The first-order valence-corrected chi connectivity index (χ1v) is 3.92. The van der Waals surface area contributed by atoms with E-state index in [1.807, 2.05) is 0 Å². The fourth-order valence-corrected chi connectivity index (χ4v) is 1.14. The zero-order valence-electron chi connectivity index (χ0n) is 7.86. The van der Waals surface area contributed by atoms with Crippen molar-refractivity contribution in [1.29, 1.82) is 0 Å². The molecule has 0 radical (unpaired) electrons. The van der Waals surface area contributed by atoms with Crippen LogP contribution in [-0.2, 0) is 9.47 Å². The number of methoxy groups -OCH3 is 2. The highest BCUT2D eigenvalue weighted by atomic mass is 19.1. The third kappa shape index (κ3) is 1.94. The lowest BCUT2D eigenvalue weighted by Crippen LogP contribution is -2.05. The van der Waals surface area contributed by atoms with Crippen molar-refractivity contribution in [3.8, 4) is 0 Å². The number of ether oxygens (including phenoxy) is 2. The first-order chi connectivity index (χ1) is 6.74. The van der Waals surface area contributed by atoms with Crippen LogP contribution >= 0.6 is 0 Å². The molecule has 1 aromatic carbocycles. The van der Waals surface area contributed by atoms with Crippen molar-refractivity contribution >= 4 is 5.69 Å². The summed E-state index contributed by atoms with van der Waals surface area (Å²) in [5, 5.41) is 2.55. The molecule has 0 unspecified atom stereocenters. The summed E-state index contributed by atoms with van der Waals surface area (Å²) in [5.74, 6) is -0.712. The summed E-state index contributed by atoms with van der Waals surface area (Å²) >= 11 is 0. The van der Waals surface area contributed by atoms with Gasteiger partial charge in [0.2, 0.25) is 0 Å². The SMILES string of the molecule is COC(OC)c1cccc(N=O)c1F. The van der Waals surface area contributed by atoms with E-state index < -0.39 is 12.1 Å². The highest BCUT2D eigenvalue weighted by Crippen LogP contribution is 2.27. The maximum absolute atomic E-state index is 13.4. The van der Waals surface area contributed by atoms with Crippen LogP contribution < -0.4 is 0 Å². The molecule has 76 valence electrons. The van der Waals surface area contributed by atoms with Crippen molar-refractivity contribution in [2.24, 2.45) is 5.18 Å². The molecular formula is C9H10FNO3. The lowest BCUT2D eigenvalue weighted by Gasteiger charge is -2.14. The van der Waals surface area contributed by atoms with E-state index in [1.165, 1.54) is 32.4 Å². The smallest absolute Gasteiger partial charge is 0.186 e. The van der Waals surface area contributed by atoms with Gasteiger partial charge in [0.25, 0.3) is 0 Å². The van der Waals surface area contributed by atoms with Gasteiger partial charge in [-0.15, -0.1) is 4.91 Å². The van der Waals surface area contributed by atoms with Crippen molar-refractivity contribution in [2.45, 2.75) is 6.29 Å². The van der Waals surface area contributed by atoms with Crippen molar-refractivity contribution in [1.82, 2.24) is 0 Å². The maximum atomic E-state index is 13.4. The predicted molar refractivity (Wildman–Crippen MR) is 48.6 cm³/mol. The monoisotopic (exact) mass is 199 g/mol. The van der Waals surface area contributed by atoms with E-state index in [9.17, 15) is 9.30 Å². The van der Waals surface area contributed by atoms with Gasteiger partial charge in [-0.1, -0.05) is 12.1 Å². The molecule has 4 nitrogen and oxygen atoms in total. The van der Waals surface area contributed by atoms with Gasteiger partial charge < -0.3 is 9.47 Å². The molecule has 0 fully saturated rings. The number of nitrogens with zero attached hydrogens (tertiary/aromatic N) is 1. The molecule has 1 aromatic rings. The number of hydrogen-bond donors (Lipinski definition) is 0. The van der Waals surface area contributed by atoms with E-state index in [0.717, 1.165) is 0 Å². The molecule has 1 rings (SSSR count). The third-order valence-corrected chi connectivity index (χ3v) is 1.79. The first-order valence-electron chi connectivity index (χ1n) is 3.92. The molecule has 0 aliphatic carbocycles. The molecule has 0 spiro atoms. The van der Waals surface area contributed by atoms with Gasteiger partial charge in [0.15, 0.2) is 12.1 Å². The fourth-order valence-electron chi connectivity index (χ4n) is 1.14. The summed E-state index contributed by atoms with van der Waals surface area (Å²) in [4.78, 5) is 10.2. The summed E-state index contributed by atoms with van der Waals surface area (Å²) in [6.07, 6.45) is -0.822. The van der Waals surface area contributed by atoms with Gasteiger partial charge >= 0.3 is 0 Å². The Morgan fingerprint density at radius 2 is 2.00 bits per heavy atom. The van der Waals surface area contributed by atoms with E-state index in [1.54, 1.807) is 0 Å². The van der Waals surface area contributed by atoms with Gasteiger partial charge in [-0.25, -0.2) is 4.39 Å². The van der Waals surface area contributed by atoms with E-state index in [2.05, 4.69) is 5.18 Å². The highest BCUT2D eigenvalue weighted by molar-refractivity contribution is 5.42. The van der Waals surface area contributed by atoms with Gasteiger partial charge in [-0.2, -0.15) is 0 Å². The zero-order chi connectivity index (χ0) is 10.6. The molecule has 0 aromatic heterocycles. The molecule has 14 heavy (non-hydrogen) atoms. The van der Waals surface area contributed by atoms with Gasteiger partial charge in [0.1, 0.15) is 5.69 Å². The van der Waals surface area contributed by atoms with Gasteiger partial charge in [-0.3, -0.25) is 0 Å². The average Bonchev–Trinajstić information content (AvgIpc) is 2.22. The Hall–Kier alpha value is -1.33. The molecule has 0 atom stereocenters. The van der Waals surface area contributed by atoms with Gasteiger partial charge in [0, 0.05) is 19.8 Å². The Morgan fingerprint density at radius 3 is 2.50 bits per heavy atom. The van der Waals surface area contributed by atoms with E-state index >= 15 is 0 Å². The highest BCUT2D eigenvalue weighted by Gasteiger charge is 2.17. The lowest BCUT2D eigenvalue weighted by molar-refractivity contribution is -0.107. The molecule has 5 heteroatoms. The van der Waals surface area contributed by atoms with Crippen LogP contribution in [0.4, 0.5) is 10.1 Å². The van der Waals surface area contributed by atoms with Crippen molar-refractivity contribution < 1.29 is 13.9 Å². The lowest BCUT2D eigenvalue weighted by atomic mass is 10.2. The Morgan fingerprint density at radius 1 is 1.36 bits per heavy atom. The number of halogens is 1. The second kappa shape index (κ2) is 4.78. The summed E-state index contributed by atoms with van der Waals surface area (Å²) in [6, 6.07) is 4.27.